The second-order valence-corrected chi connectivity index (χ2v) is 9.58. The molecule has 0 atom stereocenters. The number of piperidine rings is 1. The molecule has 1 fully saturated rings. The summed E-state index contributed by atoms with van der Waals surface area (Å²) in [6.07, 6.45) is 1.54. The molecule has 8 heteroatoms. The molecular weight excluding hydrogens is 499 g/mol. The summed E-state index contributed by atoms with van der Waals surface area (Å²) < 4.78 is 25.6. The van der Waals surface area contributed by atoms with Gasteiger partial charge < -0.3 is 14.4 Å². The first kappa shape index (κ1) is 28.3. The van der Waals surface area contributed by atoms with Gasteiger partial charge in [0.15, 0.2) is 5.54 Å². The molecule has 1 heterocycles. The number of rotatable bonds is 12. The van der Waals surface area contributed by atoms with Gasteiger partial charge in [0.2, 0.25) is 5.91 Å². The molecule has 0 bridgehead atoms. The van der Waals surface area contributed by atoms with Crippen LogP contribution >= 0.6 is 0 Å². The van der Waals surface area contributed by atoms with Crippen molar-refractivity contribution in [1.82, 2.24) is 9.96 Å². The summed E-state index contributed by atoms with van der Waals surface area (Å²) >= 11 is 0. The number of halogens is 1. The minimum atomic E-state index is -1.33. The highest BCUT2D eigenvalue weighted by Gasteiger charge is 2.50. The van der Waals surface area contributed by atoms with Crippen LogP contribution in [0.25, 0.3) is 0 Å². The Kier molecular flexibility index (Phi) is 10.1. The van der Waals surface area contributed by atoms with Crippen molar-refractivity contribution < 1.29 is 28.3 Å². The van der Waals surface area contributed by atoms with Crippen molar-refractivity contribution >= 4 is 11.9 Å². The van der Waals surface area contributed by atoms with Gasteiger partial charge in [0.05, 0.1) is 0 Å². The van der Waals surface area contributed by atoms with Crippen molar-refractivity contribution in [3.05, 3.63) is 102 Å². The van der Waals surface area contributed by atoms with E-state index >= 15 is 0 Å². The zero-order valence-corrected chi connectivity index (χ0v) is 22.3. The van der Waals surface area contributed by atoms with Gasteiger partial charge in [0.1, 0.15) is 31.4 Å². The molecule has 4 rings (SSSR count). The summed E-state index contributed by atoms with van der Waals surface area (Å²) in [6, 6.07) is 25.7. The maximum absolute atomic E-state index is 14.3. The molecule has 0 unspecified atom stereocenters. The first-order valence-electron chi connectivity index (χ1n) is 13.3. The number of carbonyl (C=O) groups is 2. The molecule has 1 aliphatic heterocycles. The van der Waals surface area contributed by atoms with Crippen molar-refractivity contribution in [2.45, 2.75) is 38.3 Å². The highest BCUT2D eigenvalue weighted by atomic mass is 19.1. The summed E-state index contributed by atoms with van der Waals surface area (Å²) in [7, 11) is 0. The van der Waals surface area contributed by atoms with E-state index in [9.17, 15) is 14.0 Å². The number of amides is 1. The molecule has 0 aliphatic carbocycles. The molecule has 0 radical (unpaired) electrons. The number of likely N-dealkylation sites (tertiary alicyclic amines) is 1. The fraction of sp³-hybridized carbons (Fsp3) is 0.355. The number of hydrogen-bond acceptors (Lipinski definition) is 6. The third kappa shape index (κ3) is 7.65. The van der Waals surface area contributed by atoms with Gasteiger partial charge in [-0.05, 0) is 43.0 Å². The topological polar surface area (TPSA) is 68.3 Å². The van der Waals surface area contributed by atoms with E-state index in [4.69, 9.17) is 14.3 Å². The summed E-state index contributed by atoms with van der Waals surface area (Å²) in [4.78, 5) is 34.6. The van der Waals surface area contributed by atoms with Crippen molar-refractivity contribution in [3.63, 3.8) is 0 Å². The van der Waals surface area contributed by atoms with E-state index in [1.54, 1.807) is 18.2 Å². The highest BCUT2D eigenvalue weighted by molar-refractivity contribution is 5.86. The Hall–Kier alpha value is -3.75. The zero-order chi connectivity index (χ0) is 27.5. The molecule has 1 saturated heterocycles. The standard InChI is InChI=1S/C31H35FN2O5/c1-25(35)34(39-24-27-12-8-9-15-29(27)32)31(30(36)38-23-22-37-28-13-6-3-7-14-28)17-20-33(21-18-31)19-16-26-10-4-2-5-11-26/h2-15H,16-24H2,1H3. The van der Waals surface area contributed by atoms with Crippen molar-refractivity contribution in [2.75, 3.05) is 32.8 Å². The quantitative estimate of drug-likeness (QED) is 0.189. The average Bonchev–Trinajstić information content (AvgIpc) is 2.96. The Labute approximate surface area is 229 Å². The largest absolute Gasteiger partial charge is 0.490 e. The number of esters is 1. The highest BCUT2D eigenvalue weighted by Crippen LogP contribution is 2.32. The molecular formula is C31H35FN2O5. The summed E-state index contributed by atoms with van der Waals surface area (Å²) in [5.41, 5.74) is 0.210. The summed E-state index contributed by atoms with van der Waals surface area (Å²) in [5, 5.41) is 1.11. The lowest BCUT2D eigenvalue weighted by atomic mass is 9.86. The lowest BCUT2D eigenvalue weighted by Gasteiger charge is -2.45. The van der Waals surface area contributed by atoms with Gasteiger partial charge in [-0.15, -0.1) is 0 Å². The number of carbonyl (C=O) groups excluding carboxylic acids is 2. The molecule has 39 heavy (non-hydrogen) atoms. The van der Waals surface area contributed by atoms with Gasteiger partial charge in [-0.25, -0.2) is 14.2 Å². The van der Waals surface area contributed by atoms with Crippen LogP contribution in [-0.4, -0.2) is 60.2 Å². The molecule has 0 saturated carbocycles. The van der Waals surface area contributed by atoms with Crippen molar-refractivity contribution in [3.8, 4) is 5.75 Å². The molecule has 1 aliphatic rings. The summed E-state index contributed by atoms with van der Waals surface area (Å²) in [5.74, 6) is -0.757. The maximum Gasteiger partial charge on any atom is 0.334 e. The second-order valence-electron chi connectivity index (χ2n) is 9.58. The van der Waals surface area contributed by atoms with E-state index in [-0.39, 0.29) is 19.8 Å². The molecule has 0 spiro atoms. The summed E-state index contributed by atoms with van der Waals surface area (Å²) in [6.45, 7) is 3.34. The van der Waals surface area contributed by atoms with Crippen LogP contribution < -0.4 is 4.74 Å². The average molecular weight is 535 g/mol. The van der Waals surface area contributed by atoms with Crippen LogP contribution in [0.3, 0.4) is 0 Å². The van der Waals surface area contributed by atoms with Gasteiger partial charge in [-0.2, -0.15) is 0 Å². The molecule has 7 nitrogen and oxygen atoms in total. The van der Waals surface area contributed by atoms with Crippen LogP contribution in [0.5, 0.6) is 5.75 Å². The number of ether oxygens (including phenoxy) is 2. The van der Waals surface area contributed by atoms with Crippen LogP contribution in [0.15, 0.2) is 84.9 Å². The SMILES string of the molecule is CC(=O)N(OCc1ccccc1F)C1(C(=O)OCCOc2ccccc2)CCN(CCc2ccccc2)CC1. The smallest absolute Gasteiger partial charge is 0.334 e. The lowest BCUT2D eigenvalue weighted by molar-refractivity contribution is -0.241. The van der Waals surface area contributed by atoms with Gasteiger partial charge in [-0.3, -0.25) is 9.63 Å². The van der Waals surface area contributed by atoms with Crippen LogP contribution in [0.4, 0.5) is 4.39 Å². The molecule has 206 valence electrons. The van der Waals surface area contributed by atoms with E-state index in [1.807, 2.05) is 48.5 Å². The molecule has 0 N–H and O–H groups in total. The Morgan fingerprint density at radius 2 is 1.54 bits per heavy atom. The number of hydrogen-bond donors (Lipinski definition) is 0. The Morgan fingerprint density at radius 3 is 2.21 bits per heavy atom. The number of benzene rings is 3. The Morgan fingerprint density at radius 1 is 0.897 bits per heavy atom. The normalized spacial score (nSPS) is 14.9. The third-order valence-electron chi connectivity index (χ3n) is 6.93. The molecule has 3 aromatic carbocycles. The van der Waals surface area contributed by atoms with E-state index in [0.29, 0.717) is 37.2 Å². The number of para-hydroxylation sites is 1. The van der Waals surface area contributed by atoms with Crippen LogP contribution in [0.2, 0.25) is 0 Å². The monoisotopic (exact) mass is 534 g/mol. The third-order valence-corrected chi connectivity index (χ3v) is 6.93. The number of nitrogens with zero attached hydrogens (tertiary/aromatic N) is 2. The predicted octanol–water partition coefficient (Wildman–Crippen LogP) is 4.81. The first-order chi connectivity index (χ1) is 19.0. The molecule has 0 aromatic heterocycles. The lowest BCUT2D eigenvalue weighted by Crippen LogP contribution is -2.62. The van der Waals surface area contributed by atoms with Crippen LogP contribution in [0.1, 0.15) is 30.9 Å². The fourth-order valence-corrected chi connectivity index (χ4v) is 4.78. The minimum absolute atomic E-state index is 0.0201. The maximum atomic E-state index is 14.3. The van der Waals surface area contributed by atoms with E-state index < -0.39 is 23.2 Å². The second kappa shape index (κ2) is 13.9. The minimum Gasteiger partial charge on any atom is -0.490 e. The zero-order valence-electron chi connectivity index (χ0n) is 22.3. The number of hydroxylamine groups is 2. The fourth-order valence-electron chi connectivity index (χ4n) is 4.78. The van der Waals surface area contributed by atoms with E-state index in [1.165, 1.54) is 18.6 Å². The Balaban J connectivity index is 1.44. The first-order valence-corrected chi connectivity index (χ1v) is 13.3. The van der Waals surface area contributed by atoms with Crippen LogP contribution in [0, 0.1) is 5.82 Å². The van der Waals surface area contributed by atoms with Gasteiger partial charge in [-0.1, -0.05) is 66.7 Å². The van der Waals surface area contributed by atoms with Gasteiger partial charge >= 0.3 is 5.97 Å². The molecule has 1 amide bonds. The molecule has 3 aromatic rings. The van der Waals surface area contributed by atoms with Crippen molar-refractivity contribution in [2.24, 2.45) is 0 Å². The van der Waals surface area contributed by atoms with Crippen LogP contribution in [-0.2, 0) is 32.2 Å². The predicted molar refractivity (Wildman–Crippen MR) is 145 cm³/mol. The van der Waals surface area contributed by atoms with E-state index in [2.05, 4.69) is 17.0 Å². The van der Waals surface area contributed by atoms with Gasteiger partial charge in [0, 0.05) is 32.1 Å². The van der Waals surface area contributed by atoms with Crippen molar-refractivity contribution in [1.29, 1.82) is 0 Å². The Bertz CT molecular complexity index is 1200. The van der Waals surface area contributed by atoms with Gasteiger partial charge in [0.25, 0.3) is 0 Å². The van der Waals surface area contributed by atoms with E-state index in [0.717, 1.165) is 18.0 Å².